The molecule has 0 atom stereocenters. The van der Waals surface area contributed by atoms with E-state index in [1.807, 2.05) is 68.6 Å². The van der Waals surface area contributed by atoms with Crippen molar-refractivity contribution in [3.8, 4) is 5.75 Å². The van der Waals surface area contributed by atoms with E-state index in [9.17, 15) is 4.79 Å². The van der Waals surface area contributed by atoms with Crippen LogP contribution < -0.4 is 10.1 Å². The summed E-state index contributed by atoms with van der Waals surface area (Å²) >= 11 is 1.56. The molecule has 0 unspecified atom stereocenters. The Morgan fingerprint density at radius 3 is 2.62 bits per heavy atom. The van der Waals surface area contributed by atoms with Gasteiger partial charge in [-0.15, -0.1) is 11.8 Å². The third-order valence-corrected chi connectivity index (χ3v) is 3.61. The number of carbonyl (C=O) groups is 1. The smallest absolute Gasteiger partial charge is 0.256 e. The van der Waals surface area contributed by atoms with Crippen molar-refractivity contribution in [3.05, 3.63) is 54.1 Å². The number of anilines is 1. The Bertz CT molecular complexity index is 626. The van der Waals surface area contributed by atoms with Crippen LogP contribution in [0.2, 0.25) is 0 Å². The van der Waals surface area contributed by atoms with Crippen LogP contribution in [-0.2, 0) is 0 Å². The van der Waals surface area contributed by atoms with Gasteiger partial charge in [-0.2, -0.15) is 0 Å². The maximum absolute atomic E-state index is 12.4. The van der Waals surface area contributed by atoms with E-state index in [-0.39, 0.29) is 12.0 Å². The van der Waals surface area contributed by atoms with E-state index >= 15 is 0 Å². The SMILES string of the molecule is CSc1ccccc1C(=O)Nc1cccc(OC(C)C)c1. The summed E-state index contributed by atoms with van der Waals surface area (Å²) in [6, 6.07) is 15.0. The van der Waals surface area contributed by atoms with E-state index in [0.717, 1.165) is 16.3 Å². The van der Waals surface area contributed by atoms with Gasteiger partial charge in [0.2, 0.25) is 0 Å². The summed E-state index contributed by atoms with van der Waals surface area (Å²) in [5.41, 5.74) is 1.41. The van der Waals surface area contributed by atoms with Crippen molar-refractivity contribution in [1.29, 1.82) is 0 Å². The number of rotatable bonds is 5. The second-order valence-electron chi connectivity index (χ2n) is 4.85. The molecule has 2 aromatic rings. The predicted octanol–water partition coefficient (Wildman–Crippen LogP) is 4.45. The van der Waals surface area contributed by atoms with Gasteiger partial charge in [0, 0.05) is 16.6 Å². The number of hydrogen-bond donors (Lipinski definition) is 1. The molecule has 0 heterocycles. The number of benzene rings is 2. The highest BCUT2D eigenvalue weighted by Gasteiger charge is 2.11. The largest absolute Gasteiger partial charge is 0.491 e. The molecule has 110 valence electrons. The molecular weight excluding hydrogens is 282 g/mol. The van der Waals surface area contributed by atoms with E-state index in [0.29, 0.717) is 5.56 Å². The first-order chi connectivity index (χ1) is 10.1. The number of ether oxygens (including phenoxy) is 1. The van der Waals surface area contributed by atoms with Crippen LogP contribution in [0.4, 0.5) is 5.69 Å². The molecule has 0 fully saturated rings. The molecule has 0 radical (unpaired) electrons. The molecule has 0 aromatic heterocycles. The van der Waals surface area contributed by atoms with E-state index in [4.69, 9.17) is 4.74 Å². The Balaban J connectivity index is 2.16. The third-order valence-electron chi connectivity index (χ3n) is 2.82. The van der Waals surface area contributed by atoms with Gasteiger partial charge in [-0.05, 0) is 44.4 Å². The van der Waals surface area contributed by atoms with Crippen molar-refractivity contribution >= 4 is 23.4 Å². The first kappa shape index (κ1) is 15.4. The zero-order chi connectivity index (χ0) is 15.2. The highest BCUT2D eigenvalue weighted by Crippen LogP contribution is 2.23. The number of amides is 1. The Labute approximate surface area is 129 Å². The minimum absolute atomic E-state index is 0.105. The minimum Gasteiger partial charge on any atom is -0.491 e. The molecule has 0 saturated heterocycles. The van der Waals surface area contributed by atoms with E-state index in [1.165, 1.54) is 0 Å². The summed E-state index contributed by atoms with van der Waals surface area (Å²) < 4.78 is 5.63. The average molecular weight is 301 g/mol. The number of hydrogen-bond acceptors (Lipinski definition) is 3. The van der Waals surface area contributed by atoms with Crippen LogP contribution in [0.25, 0.3) is 0 Å². The molecule has 2 aromatic carbocycles. The topological polar surface area (TPSA) is 38.3 Å². The molecule has 2 rings (SSSR count). The van der Waals surface area contributed by atoms with Gasteiger partial charge in [0.05, 0.1) is 11.7 Å². The van der Waals surface area contributed by atoms with E-state index < -0.39 is 0 Å². The first-order valence-corrected chi connectivity index (χ1v) is 8.03. The van der Waals surface area contributed by atoms with Crippen LogP contribution in [0.5, 0.6) is 5.75 Å². The van der Waals surface area contributed by atoms with Crippen molar-refractivity contribution in [2.45, 2.75) is 24.8 Å². The van der Waals surface area contributed by atoms with Crippen molar-refractivity contribution in [1.82, 2.24) is 0 Å². The van der Waals surface area contributed by atoms with Crippen LogP contribution in [-0.4, -0.2) is 18.3 Å². The van der Waals surface area contributed by atoms with Crippen LogP contribution in [0.15, 0.2) is 53.4 Å². The molecule has 0 aliphatic heterocycles. The molecule has 3 nitrogen and oxygen atoms in total. The van der Waals surface area contributed by atoms with Crippen molar-refractivity contribution < 1.29 is 9.53 Å². The average Bonchev–Trinajstić information content (AvgIpc) is 2.46. The molecule has 21 heavy (non-hydrogen) atoms. The fraction of sp³-hybridized carbons (Fsp3) is 0.235. The normalized spacial score (nSPS) is 10.5. The lowest BCUT2D eigenvalue weighted by Gasteiger charge is -2.12. The van der Waals surface area contributed by atoms with Crippen molar-refractivity contribution in [3.63, 3.8) is 0 Å². The van der Waals surface area contributed by atoms with Gasteiger partial charge in [0.15, 0.2) is 0 Å². The molecule has 4 heteroatoms. The fourth-order valence-electron chi connectivity index (χ4n) is 1.95. The van der Waals surface area contributed by atoms with Crippen molar-refractivity contribution in [2.75, 3.05) is 11.6 Å². The number of carbonyl (C=O) groups excluding carboxylic acids is 1. The van der Waals surface area contributed by atoms with E-state index in [1.54, 1.807) is 11.8 Å². The van der Waals surface area contributed by atoms with Gasteiger partial charge in [0.1, 0.15) is 5.75 Å². The maximum atomic E-state index is 12.4. The highest BCUT2D eigenvalue weighted by atomic mass is 32.2. The lowest BCUT2D eigenvalue weighted by atomic mass is 10.2. The zero-order valence-electron chi connectivity index (χ0n) is 12.4. The predicted molar refractivity (Wildman–Crippen MR) is 88.4 cm³/mol. The van der Waals surface area contributed by atoms with Gasteiger partial charge in [-0.3, -0.25) is 4.79 Å². The first-order valence-electron chi connectivity index (χ1n) is 6.81. The fourth-order valence-corrected chi connectivity index (χ4v) is 2.55. The number of nitrogens with one attached hydrogen (secondary N) is 1. The summed E-state index contributed by atoms with van der Waals surface area (Å²) in [7, 11) is 0. The molecule has 1 N–H and O–H groups in total. The van der Waals surface area contributed by atoms with Crippen molar-refractivity contribution in [2.24, 2.45) is 0 Å². The van der Waals surface area contributed by atoms with Gasteiger partial charge in [0.25, 0.3) is 5.91 Å². The zero-order valence-corrected chi connectivity index (χ0v) is 13.2. The molecule has 0 bridgehead atoms. The lowest BCUT2D eigenvalue weighted by Crippen LogP contribution is -2.13. The summed E-state index contributed by atoms with van der Waals surface area (Å²) in [4.78, 5) is 13.3. The Hall–Kier alpha value is -1.94. The van der Waals surface area contributed by atoms with Gasteiger partial charge in [-0.25, -0.2) is 0 Å². The van der Waals surface area contributed by atoms with Crippen LogP contribution in [0, 0.1) is 0 Å². The van der Waals surface area contributed by atoms with E-state index in [2.05, 4.69) is 5.32 Å². The third kappa shape index (κ3) is 4.26. The summed E-state index contributed by atoms with van der Waals surface area (Å²) in [6.45, 7) is 3.94. The molecule has 0 aliphatic rings. The molecule has 0 spiro atoms. The van der Waals surface area contributed by atoms with Gasteiger partial charge < -0.3 is 10.1 Å². The Kier molecular flexibility index (Phi) is 5.28. The summed E-state index contributed by atoms with van der Waals surface area (Å²) in [5.74, 6) is 0.641. The second kappa shape index (κ2) is 7.18. The quantitative estimate of drug-likeness (QED) is 0.829. The standard InChI is InChI=1S/C17H19NO2S/c1-12(2)20-14-8-6-7-13(11-14)18-17(19)15-9-4-5-10-16(15)21-3/h4-12H,1-3H3,(H,18,19). The lowest BCUT2D eigenvalue weighted by molar-refractivity contribution is 0.102. The Morgan fingerprint density at radius 1 is 1.14 bits per heavy atom. The highest BCUT2D eigenvalue weighted by molar-refractivity contribution is 7.98. The Morgan fingerprint density at radius 2 is 1.90 bits per heavy atom. The van der Waals surface area contributed by atoms with Gasteiger partial charge in [-0.1, -0.05) is 18.2 Å². The molecular formula is C17H19NO2S. The minimum atomic E-state index is -0.110. The second-order valence-corrected chi connectivity index (χ2v) is 5.70. The summed E-state index contributed by atoms with van der Waals surface area (Å²) in [6.07, 6.45) is 2.07. The van der Waals surface area contributed by atoms with Gasteiger partial charge >= 0.3 is 0 Å². The van der Waals surface area contributed by atoms with Crippen LogP contribution >= 0.6 is 11.8 Å². The molecule has 0 aliphatic carbocycles. The molecule has 0 saturated carbocycles. The van der Waals surface area contributed by atoms with Crippen LogP contribution in [0.3, 0.4) is 0 Å². The van der Waals surface area contributed by atoms with Crippen LogP contribution in [0.1, 0.15) is 24.2 Å². The monoisotopic (exact) mass is 301 g/mol. The molecule has 1 amide bonds. The number of thioether (sulfide) groups is 1. The summed E-state index contributed by atoms with van der Waals surface area (Å²) in [5, 5.41) is 2.91. The maximum Gasteiger partial charge on any atom is 0.256 e.